The summed E-state index contributed by atoms with van der Waals surface area (Å²) in [5.41, 5.74) is 0.802. The van der Waals surface area contributed by atoms with Crippen LogP contribution >= 0.6 is 0 Å². The first kappa shape index (κ1) is 13.2. The number of carbonyl (C=O) groups excluding carboxylic acids is 1. The van der Waals surface area contributed by atoms with E-state index in [-0.39, 0.29) is 5.78 Å². The average Bonchev–Trinajstić information content (AvgIpc) is 2.40. The van der Waals surface area contributed by atoms with Crippen LogP contribution in [0.2, 0.25) is 0 Å². The standard InChI is InChI=1S/C15H21NO2/c1-2-18-14-9-6-10-16(11-14)12-15(17)13-7-4-3-5-8-13/h3-5,7-8,14H,2,6,9-12H2,1H3. The molecule has 0 N–H and O–H groups in total. The third kappa shape index (κ3) is 3.65. The molecule has 1 aromatic rings. The lowest BCUT2D eigenvalue weighted by Gasteiger charge is -2.31. The summed E-state index contributed by atoms with van der Waals surface area (Å²) < 4.78 is 5.65. The molecule has 1 aromatic carbocycles. The number of ether oxygens (including phenoxy) is 1. The molecule has 1 heterocycles. The van der Waals surface area contributed by atoms with Crippen molar-refractivity contribution >= 4 is 5.78 Å². The summed E-state index contributed by atoms with van der Waals surface area (Å²) in [6.07, 6.45) is 2.53. The average molecular weight is 247 g/mol. The lowest BCUT2D eigenvalue weighted by Crippen LogP contribution is -2.42. The molecule has 18 heavy (non-hydrogen) atoms. The van der Waals surface area contributed by atoms with E-state index in [9.17, 15) is 4.79 Å². The maximum absolute atomic E-state index is 12.1. The Balaban J connectivity index is 1.87. The molecule has 3 heteroatoms. The van der Waals surface area contributed by atoms with E-state index in [0.717, 1.165) is 38.1 Å². The molecule has 0 saturated carbocycles. The van der Waals surface area contributed by atoms with Crippen LogP contribution in [0.5, 0.6) is 0 Å². The van der Waals surface area contributed by atoms with Gasteiger partial charge in [-0.05, 0) is 26.3 Å². The number of likely N-dealkylation sites (tertiary alicyclic amines) is 1. The van der Waals surface area contributed by atoms with E-state index >= 15 is 0 Å². The van der Waals surface area contributed by atoms with Crippen LogP contribution in [0, 0.1) is 0 Å². The molecular formula is C15H21NO2. The fourth-order valence-corrected chi connectivity index (χ4v) is 2.45. The number of rotatable bonds is 5. The van der Waals surface area contributed by atoms with Crippen molar-refractivity contribution in [3.63, 3.8) is 0 Å². The normalized spacial score (nSPS) is 20.8. The number of hydrogen-bond donors (Lipinski definition) is 0. The summed E-state index contributed by atoms with van der Waals surface area (Å²) in [4.78, 5) is 14.3. The Morgan fingerprint density at radius 1 is 1.39 bits per heavy atom. The minimum Gasteiger partial charge on any atom is -0.377 e. The maximum atomic E-state index is 12.1. The lowest BCUT2D eigenvalue weighted by molar-refractivity contribution is 0.00718. The van der Waals surface area contributed by atoms with Crippen LogP contribution in [0.15, 0.2) is 30.3 Å². The number of hydrogen-bond acceptors (Lipinski definition) is 3. The van der Waals surface area contributed by atoms with Gasteiger partial charge in [-0.1, -0.05) is 30.3 Å². The van der Waals surface area contributed by atoms with Crippen molar-refractivity contribution in [1.82, 2.24) is 4.90 Å². The van der Waals surface area contributed by atoms with Crippen LogP contribution in [0.4, 0.5) is 0 Å². The van der Waals surface area contributed by atoms with Gasteiger partial charge in [0.2, 0.25) is 0 Å². The van der Waals surface area contributed by atoms with E-state index in [4.69, 9.17) is 4.74 Å². The highest BCUT2D eigenvalue weighted by Crippen LogP contribution is 2.13. The molecule has 0 aliphatic carbocycles. The Kier molecular flexibility index (Phi) is 4.90. The molecule has 1 aliphatic heterocycles. The second-order valence-corrected chi connectivity index (χ2v) is 4.74. The van der Waals surface area contributed by atoms with Crippen LogP contribution in [0.1, 0.15) is 30.1 Å². The third-order valence-corrected chi connectivity index (χ3v) is 3.33. The predicted molar refractivity (Wildman–Crippen MR) is 71.9 cm³/mol. The minimum absolute atomic E-state index is 0.202. The molecule has 0 bridgehead atoms. The molecule has 1 unspecified atom stereocenters. The van der Waals surface area contributed by atoms with Crippen molar-refractivity contribution in [2.45, 2.75) is 25.9 Å². The van der Waals surface area contributed by atoms with Crippen LogP contribution in [0.3, 0.4) is 0 Å². The van der Waals surface area contributed by atoms with E-state index in [1.807, 2.05) is 37.3 Å². The van der Waals surface area contributed by atoms with Gasteiger partial charge in [-0.15, -0.1) is 0 Å². The molecule has 1 fully saturated rings. The van der Waals surface area contributed by atoms with Crippen LogP contribution in [-0.4, -0.2) is 43.0 Å². The molecule has 0 amide bonds. The smallest absolute Gasteiger partial charge is 0.176 e. The predicted octanol–water partition coefficient (Wildman–Crippen LogP) is 2.37. The number of carbonyl (C=O) groups is 1. The Labute approximate surface area is 109 Å². The highest BCUT2D eigenvalue weighted by molar-refractivity contribution is 5.97. The van der Waals surface area contributed by atoms with Crippen LogP contribution in [0.25, 0.3) is 0 Å². The molecule has 0 radical (unpaired) electrons. The summed E-state index contributed by atoms with van der Waals surface area (Å²) in [6, 6.07) is 9.51. The molecular weight excluding hydrogens is 226 g/mol. The largest absolute Gasteiger partial charge is 0.377 e. The molecule has 3 nitrogen and oxygen atoms in total. The number of Topliss-reactive ketones (excluding diaryl/α,β-unsaturated/α-hetero) is 1. The van der Waals surface area contributed by atoms with Crippen LogP contribution in [-0.2, 0) is 4.74 Å². The fourth-order valence-electron chi connectivity index (χ4n) is 2.45. The Morgan fingerprint density at radius 2 is 2.17 bits per heavy atom. The van der Waals surface area contributed by atoms with E-state index in [2.05, 4.69) is 4.90 Å². The molecule has 98 valence electrons. The first-order valence-corrected chi connectivity index (χ1v) is 6.72. The van der Waals surface area contributed by atoms with E-state index in [0.29, 0.717) is 12.6 Å². The highest BCUT2D eigenvalue weighted by atomic mass is 16.5. The van der Waals surface area contributed by atoms with Gasteiger partial charge in [0.15, 0.2) is 5.78 Å². The van der Waals surface area contributed by atoms with Gasteiger partial charge in [0.1, 0.15) is 0 Å². The SMILES string of the molecule is CCOC1CCCN(CC(=O)c2ccccc2)C1. The second-order valence-electron chi connectivity index (χ2n) is 4.74. The molecule has 0 spiro atoms. The van der Waals surface area contributed by atoms with Gasteiger partial charge in [-0.2, -0.15) is 0 Å². The van der Waals surface area contributed by atoms with Crippen molar-refractivity contribution in [3.8, 4) is 0 Å². The molecule has 2 rings (SSSR count). The zero-order valence-electron chi connectivity index (χ0n) is 11.0. The monoisotopic (exact) mass is 247 g/mol. The summed E-state index contributed by atoms with van der Waals surface area (Å²) in [7, 11) is 0. The summed E-state index contributed by atoms with van der Waals surface area (Å²) in [6.45, 7) is 5.17. The fraction of sp³-hybridized carbons (Fsp3) is 0.533. The van der Waals surface area contributed by atoms with Crippen molar-refractivity contribution in [1.29, 1.82) is 0 Å². The summed E-state index contributed by atoms with van der Waals surface area (Å²) in [5.74, 6) is 0.202. The third-order valence-electron chi connectivity index (χ3n) is 3.33. The number of benzene rings is 1. The number of nitrogens with zero attached hydrogens (tertiary/aromatic N) is 1. The van der Waals surface area contributed by atoms with Gasteiger partial charge in [0.05, 0.1) is 12.6 Å². The molecule has 1 saturated heterocycles. The lowest BCUT2D eigenvalue weighted by atomic mass is 10.1. The first-order chi connectivity index (χ1) is 8.79. The minimum atomic E-state index is 0.202. The molecule has 0 aromatic heterocycles. The Hall–Kier alpha value is -1.19. The second kappa shape index (κ2) is 6.66. The quantitative estimate of drug-likeness (QED) is 0.748. The zero-order chi connectivity index (χ0) is 12.8. The van der Waals surface area contributed by atoms with Crippen molar-refractivity contribution in [2.24, 2.45) is 0 Å². The van der Waals surface area contributed by atoms with Gasteiger partial charge >= 0.3 is 0 Å². The first-order valence-electron chi connectivity index (χ1n) is 6.72. The number of piperidine rings is 1. The van der Waals surface area contributed by atoms with Gasteiger partial charge < -0.3 is 4.74 Å². The summed E-state index contributed by atoms with van der Waals surface area (Å²) >= 11 is 0. The van der Waals surface area contributed by atoms with Gasteiger partial charge in [0, 0.05) is 18.7 Å². The van der Waals surface area contributed by atoms with E-state index in [1.165, 1.54) is 0 Å². The zero-order valence-corrected chi connectivity index (χ0v) is 11.0. The van der Waals surface area contributed by atoms with E-state index < -0.39 is 0 Å². The Morgan fingerprint density at radius 3 is 2.89 bits per heavy atom. The van der Waals surface area contributed by atoms with Crippen molar-refractivity contribution < 1.29 is 9.53 Å². The summed E-state index contributed by atoms with van der Waals surface area (Å²) in [5, 5.41) is 0. The maximum Gasteiger partial charge on any atom is 0.176 e. The molecule has 1 aliphatic rings. The van der Waals surface area contributed by atoms with Gasteiger partial charge in [-0.3, -0.25) is 9.69 Å². The van der Waals surface area contributed by atoms with Gasteiger partial charge in [-0.25, -0.2) is 0 Å². The Bertz CT molecular complexity index is 375. The van der Waals surface area contributed by atoms with Gasteiger partial charge in [0.25, 0.3) is 0 Å². The molecule has 1 atom stereocenters. The van der Waals surface area contributed by atoms with Crippen molar-refractivity contribution in [2.75, 3.05) is 26.2 Å². The van der Waals surface area contributed by atoms with Crippen LogP contribution < -0.4 is 0 Å². The van der Waals surface area contributed by atoms with Crippen molar-refractivity contribution in [3.05, 3.63) is 35.9 Å². The number of ketones is 1. The van der Waals surface area contributed by atoms with E-state index in [1.54, 1.807) is 0 Å². The highest BCUT2D eigenvalue weighted by Gasteiger charge is 2.21. The topological polar surface area (TPSA) is 29.5 Å².